The summed E-state index contributed by atoms with van der Waals surface area (Å²) in [6.45, 7) is 5.12. The van der Waals surface area contributed by atoms with Crippen LogP contribution in [0.1, 0.15) is 19.3 Å². The van der Waals surface area contributed by atoms with E-state index < -0.39 is 11.6 Å². The Morgan fingerprint density at radius 3 is 1.96 bits per heavy atom. The fraction of sp³-hybridized carbons (Fsp3) is 0.579. The average Bonchev–Trinajstić information content (AvgIpc) is 2.63. The maximum atomic E-state index is 13.2. The quantitative estimate of drug-likeness (QED) is 0.842. The highest BCUT2D eigenvalue weighted by atomic mass is 19.1. The monoisotopic (exact) mass is 380 g/mol. The Morgan fingerprint density at radius 1 is 0.815 bits per heavy atom. The van der Waals surface area contributed by atoms with E-state index in [4.69, 9.17) is 0 Å². The molecule has 0 unspecified atom stereocenters. The number of likely N-dealkylation sites (tertiary alicyclic amines) is 1. The molecule has 0 aromatic heterocycles. The van der Waals surface area contributed by atoms with Crippen LogP contribution in [-0.2, 0) is 9.59 Å². The van der Waals surface area contributed by atoms with Gasteiger partial charge in [-0.2, -0.15) is 0 Å². The highest BCUT2D eigenvalue weighted by molar-refractivity contribution is 5.92. The molecule has 1 aromatic carbocycles. The number of nitrogens with one attached hydrogen (secondary N) is 1. The summed E-state index contributed by atoms with van der Waals surface area (Å²) in [5.74, 6) is -1.57. The van der Waals surface area contributed by atoms with Crippen LogP contribution in [0.25, 0.3) is 0 Å². The third kappa shape index (κ3) is 5.97. The van der Waals surface area contributed by atoms with E-state index in [0.29, 0.717) is 19.6 Å². The van der Waals surface area contributed by atoms with Crippen molar-refractivity contribution >= 4 is 17.5 Å². The minimum Gasteiger partial charge on any atom is -0.342 e. The molecule has 0 atom stereocenters. The molecule has 3 rings (SSSR count). The highest BCUT2D eigenvalue weighted by Gasteiger charge is 2.23. The third-order valence-electron chi connectivity index (χ3n) is 5.05. The van der Waals surface area contributed by atoms with Gasteiger partial charge in [0.2, 0.25) is 11.8 Å². The fourth-order valence-corrected chi connectivity index (χ4v) is 3.57. The Bertz CT molecular complexity index is 651. The number of halogens is 2. The van der Waals surface area contributed by atoms with Crippen LogP contribution >= 0.6 is 0 Å². The molecule has 1 aromatic rings. The lowest BCUT2D eigenvalue weighted by molar-refractivity contribution is -0.134. The summed E-state index contributed by atoms with van der Waals surface area (Å²) in [7, 11) is 0. The maximum absolute atomic E-state index is 13.2. The molecule has 2 fully saturated rings. The summed E-state index contributed by atoms with van der Waals surface area (Å²) < 4.78 is 26.4. The first-order valence-corrected chi connectivity index (χ1v) is 9.48. The molecule has 1 N–H and O–H groups in total. The molecule has 2 aliphatic heterocycles. The predicted molar refractivity (Wildman–Crippen MR) is 98.3 cm³/mol. The number of carbonyl (C=O) groups is 2. The molecular formula is C19H26F2N4O2. The lowest BCUT2D eigenvalue weighted by atomic mass is 10.1. The summed E-state index contributed by atoms with van der Waals surface area (Å²) in [5, 5.41) is 2.52. The molecule has 27 heavy (non-hydrogen) atoms. The minimum atomic E-state index is -0.725. The number of piperidine rings is 1. The molecule has 2 amide bonds. The second-order valence-electron chi connectivity index (χ2n) is 7.20. The van der Waals surface area contributed by atoms with E-state index in [9.17, 15) is 18.4 Å². The van der Waals surface area contributed by atoms with Crippen LogP contribution in [0.2, 0.25) is 0 Å². The van der Waals surface area contributed by atoms with Gasteiger partial charge in [-0.1, -0.05) is 0 Å². The predicted octanol–water partition coefficient (Wildman–Crippen LogP) is 1.53. The smallest absolute Gasteiger partial charge is 0.238 e. The normalized spacial score (nSPS) is 19.1. The molecule has 6 nitrogen and oxygen atoms in total. The van der Waals surface area contributed by atoms with Crippen LogP contribution < -0.4 is 5.32 Å². The molecule has 0 saturated carbocycles. The zero-order chi connectivity index (χ0) is 19.2. The van der Waals surface area contributed by atoms with Crippen molar-refractivity contribution in [2.75, 3.05) is 57.7 Å². The zero-order valence-corrected chi connectivity index (χ0v) is 15.4. The van der Waals surface area contributed by atoms with Gasteiger partial charge in [-0.05, 0) is 31.4 Å². The SMILES string of the molecule is O=C(CN1CCN(CC(=O)N2CCCCC2)CC1)Nc1cc(F)cc(F)c1. The Hall–Kier alpha value is -2.06. The first-order valence-electron chi connectivity index (χ1n) is 9.48. The van der Waals surface area contributed by atoms with Crippen LogP contribution in [0.3, 0.4) is 0 Å². The molecule has 2 saturated heterocycles. The fourth-order valence-electron chi connectivity index (χ4n) is 3.57. The standard InChI is InChI=1S/C19H26F2N4O2/c20-15-10-16(21)12-17(11-15)22-18(26)13-23-6-8-24(9-7-23)14-19(27)25-4-2-1-3-5-25/h10-12H,1-9,13-14H2,(H,22,26). The van der Waals surface area contributed by atoms with Crippen molar-refractivity contribution in [3.63, 3.8) is 0 Å². The number of rotatable bonds is 5. The van der Waals surface area contributed by atoms with Crippen LogP contribution in [-0.4, -0.2) is 78.9 Å². The molecule has 0 spiro atoms. The van der Waals surface area contributed by atoms with E-state index in [-0.39, 0.29) is 24.0 Å². The van der Waals surface area contributed by atoms with Gasteiger partial charge in [0, 0.05) is 51.0 Å². The molecule has 0 radical (unpaired) electrons. The summed E-state index contributed by atoms with van der Waals surface area (Å²) in [4.78, 5) is 30.5. The third-order valence-corrected chi connectivity index (χ3v) is 5.05. The minimum absolute atomic E-state index is 0.114. The van der Waals surface area contributed by atoms with Gasteiger partial charge in [-0.3, -0.25) is 19.4 Å². The van der Waals surface area contributed by atoms with E-state index in [2.05, 4.69) is 10.2 Å². The Labute approximate surface area is 158 Å². The van der Waals surface area contributed by atoms with Crippen molar-refractivity contribution in [2.24, 2.45) is 0 Å². The number of hydrogen-bond acceptors (Lipinski definition) is 4. The lowest BCUT2D eigenvalue weighted by Gasteiger charge is -2.35. The number of nitrogens with zero attached hydrogens (tertiary/aromatic N) is 3. The van der Waals surface area contributed by atoms with Gasteiger partial charge in [0.25, 0.3) is 0 Å². The van der Waals surface area contributed by atoms with Gasteiger partial charge >= 0.3 is 0 Å². The van der Waals surface area contributed by atoms with Gasteiger partial charge in [0.1, 0.15) is 11.6 Å². The molecular weight excluding hydrogens is 354 g/mol. The summed E-state index contributed by atoms with van der Waals surface area (Å²) >= 11 is 0. The molecule has 2 aliphatic rings. The largest absolute Gasteiger partial charge is 0.342 e. The topological polar surface area (TPSA) is 55.9 Å². The number of anilines is 1. The number of amides is 2. The van der Waals surface area contributed by atoms with Crippen LogP contribution in [0.5, 0.6) is 0 Å². The maximum Gasteiger partial charge on any atom is 0.238 e. The van der Waals surface area contributed by atoms with E-state index in [1.807, 2.05) is 9.80 Å². The highest BCUT2D eigenvalue weighted by Crippen LogP contribution is 2.13. The summed E-state index contributed by atoms with van der Waals surface area (Å²) in [6, 6.07) is 2.94. The summed E-state index contributed by atoms with van der Waals surface area (Å²) in [5.41, 5.74) is 0.114. The Kier molecular flexibility index (Phi) is 6.73. The lowest BCUT2D eigenvalue weighted by Crippen LogP contribution is -2.51. The van der Waals surface area contributed by atoms with Gasteiger partial charge in [0.05, 0.1) is 13.1 Å². The Balaban J connectivity index is 1.39. The van der Waals surface area contributed by atoms with E-state index in [1.165, 1.54) is 6.42 Å². The van der Waals surface area contributed by atoms with Crippen LogP contribution in [0.4, 0.5) is 14.5 Å². The van der Waals surface area contributed by atoms with Gasteiger partial charge in [-0.15, -0.1) is 0 Å². The second-order valence-corrected chi connectivity index (χ2v) is 7.20. The van der Waals surface area contributed by atoms with Crippen LogP contribution in [0.15, 0.2) is 18.2 Å². The van der Waals surface area contributed by atoms with E-state index in [0.717, 1.165) is 57.2 Å². The van der Waals surface area contributed by atoms with Crippen molar-refractivity contribution in [3.05, 3.63) is 29.8 Å². The van der Waals surface area contributed by atoms with Crippen molar-refractivity contribution in [1.29, 1.82) is 0 Å². The summed E-state index contributed by atoms with van der Waals surface area (Å²) in [6.07, 6.45) is 3.38. The van der Waals surface area contributed by atoms with E-state index >= 15 is 0 Å². The second kappa shape index (κ2) is 9.23. The van der Waals surface area contributed by atoms with Crippen molar-refractivity contribution in [3.8, 4) is 0 Å². The van der Waals surface area contributed by atoms with Gasteiger partial charge in [0.15, 0.2) is 0 Å². The number of hydrogen-bond donors (Lipinski definition) is 1. The molecule has 8 heteroatoms. The first kappa shape index (κ1) is 19.7. The molecule has 0 aliphatic carbocycles. The molecule has 2 heterocycles. The molecule has 0 bridgehead atoms. The molecule has 148 valence electrons. The van der Waals surface area contributed by atoms with Crippen molar-refractivity contribution in [1.82, 2.24) is 14.7 Å². The number of benzene rings is 1. The zero-order valence-electron chi connectivity index (χ0n) is 15.4. The van der Waals surface area contributed by atoms with Crippen molar-refractivity contribution in [2.45, 2.75) is 19.3 Å². The van der Waals surface area contributed by atoms with E-state index in [1.54, 1.807) is 0 Å². The van der Waals surface area contributed by atoms with Crippen LogP contribution in [0, 0.1) is 11.6 Å². The number of piperazine rings is 1. The van der Waals surface area contributed by atoms with Crippen molar-refractivity contribution < 1.29 is 18.4 Å². The first-order chi connectivity index (χ1) is 13.0. The Morgan fingerprint density at radius 2 is 1.37 bits per heavy atom. The van der Waals surface area contributed by atoms with Gasteiger partial charge < -0.3 is 10.2 Å². The van der Waals surface area contributed by atoms with Gasteiger partial charge in [-0.25, -0.2) is 8.78 Å². The average molecular weight is 380 g/mol. The number of carbonyl (C=O) groups excluding carboxylic acids is 2.